The van der Waals surface area contributed by atoms with Crippen LogP contribution >= 0.6 is 0 Å². The Kier molecular flexibility index (Phi) is 3.69. The molecule has 2 fully saturated rings. The molecule has 0 aromatic carbocycles. The molecular weight excluding hydrogens is 238 g/mol. The van der Waals surface area contributed by atoms with Crippen molar-refractivity contribution in [1.29, 1.82) is 0 Å². The second kappa shape index (κ2) is 5.45. The molecule has 4 heteroatoms. The van der Waals surface area contributed by atoms with Crippen molar-refractivity contribution < 1.29 is 4.79 Å². The van der Waals surface area contributed by atoms with E-state index in [1.54, 1.807) is 4.68 Å². The van der Waals surface area contributed by atoms with Gasteiger partial charge in [-0.05, 0) is 37.7 Å². The molecule has 2 aliphatic rings. The summed E-state index contributed by atoms with van der Waals surface area (Å²) in [6.45, 7) is 0. The number of ketones is 1. The average molecular weight is 261 g/mol. The van der Waals surface area contributed by atoms with Gasteiger partial charge in [0.05, 0.1) is 18.2 Å². The van der Waals surface area contributed by atoms with Gasteiger partial charge in [0.2, 0.25) is 0 Å². The molecule has 104 valence electrons. The molecule has 0 radical (unpaired) electrons. The predicted octanol–water partition coefficient (Wildman–Crippen LogP) is 1.84. The van der Waals surface area contributed by atoms with E-state index in [1.807, 2.05) is 19.3 Å². The summed E-state index contributed by atoms with van der Waals surface area (Å²) in [7, 11) is 1.89. The second-order valence-corrected chi connectivity index (χ2v) is 6.07. The van der Waals surface area contributed by atoms with Crippen molar-refractivity contribution in [3.63, 3.8) is 0 Å². The lowest BCUT2D eigenvalue weighted by atomic mass is 9.77. The summed E-state index contributed by atoms with van der Waals surface area (Å²) in [4.78, 5) is 12.3. The molecule has 0 bridgehead atoms. The average Bonchev–Trinajstić information content (AvgIpc) is 2.83. The molecule has 1 N–H and O–H groups in total. The van der Waals surface area contributed by atoms with Gasteiger partial charge in [0.1, 0.15) is 0 Å². The molecule has 4 nitrogen and oxygen atoms in total. The summed E-state index contributed by atoms with van der Waals surface area (Å²) in [5.74, 6) is 1.12. The predicted molar refractivity (Wildman–Crippen MR) is 73.8 cm³/mol. The first-order valence-corrected chi connectivity index (χ1v) is 7.49. The van der Waals surface area contributed by atoms with Crippen LogP contribution in [0.2, 0.25) is 0 Å². The Labute approximate surface area is 114 Å². The molecule has 1 aromatic rings. The van der Waals surface area contributed by atoms with Gasteiger partial charge in [-0.3, -0.25) is 9.48 Å². The van der Waals surface area contributed by atoms with Gasteiger partial charge >= 0.3 is 0 Å². The first-order valence-electron chi connectivity index (χ1n) is 7.49. The lowest BCUT2D eigenvalue weighted by Crippen LogP contribution is -2.52. The number of carbonyl (C=O) groups excluding carboxylic acids is 1. The molecule has 2 heterocycles. The van der Waals surface area contributed by atoms with E-state index < -0.39 is 0 Å². The van der Waals surface area contributed by atoms with Crippen LogP contribution in [0.5, 0.6) is 0 Å². The third kappa shape index (κ3) is 2.89. The van der Waals surface area contributed by atoms with E-state index >= 15 is 0 Å². The van der Waals surface area contributed by atoms with Crippen LogP contribution in [0.25, 0.3) is 0 Å². The second-order valence-electron chi connectivity index (χ2n) is 6.07. The Hall–Kier alpha value is -1.16. The third-order valence-corrected chi connectivity index (χ3v) is 4.66. The Morgan fingerprint density at radius 2 is 2.21 bits per heavy atom. The Bertz CT molecular complexity index is 454. The zero-order valence-corrected chi connectivity index (χ0v) is 11.6. The van der Waals surface area contributed by atoms with E-state index in [2.05, 4.69) is 10.4 Å². The maximum atomic E-state index is 12.3. The smallest absolute Gasteiger partial charge is 0.155 e. The summed E-state index contributed by atoms with van der Waals surface area (Å²) < 4.78 is 1.76. The van der Waals surface area contributed by atoms with Crippen LogP contribution in [0, 0.1) is 5.92 Å². The minimum absolute atomic E-state index is 0.0568. The highest BCUT2D eigenvalue weighted by atomic mass is 16.1. The van der Waals surface area contributed by atoms with Gasteiger partial charge in [0, 0.05) is 19.3 Å². The van der Waals surface area contributed by atoms with E-state index in [0.29, 0.717) is 18.2 Å². The van der Waals surface area contributed by atoms with Gasteiger partial charge < -0.3 is 5.32 Å². The fourth-order valence-electron chi connectivity index (χ4n) is 3.61. The van der Waals surface area contributed by atoms with Gasteiger partial charge in [-0.1, -0.05) is 12.8 Å². The molecule has 1 aliphatic carbocycles. The molecule has 0 amide bonds. The van der Waals surface area contributed by atoms with Gasteiger partial charge in [-0.15, -0.1) is 0 Å². The summed E-state index contributed by atoms with van der Waals surface area (Å²) in [5.41, 5.74) is 0.889. The molecule has 1 aromatic heterocycles. The number of fused-ring (bicyclic) bond motifs is 1. The molecule has 1 saturated carbocycles. The first kappa shape index (κ1) is 12.9. The summed E-state index contributed by atoms with van der Waals surface area (Å²) in [6.07, 6.45) is 9.87. The van der Waals surface area contributed by atoms with E-state index in [4.69, 9.17) is 0 Å². The molecule has 0 spiro atoms. The van der Waals surface area contributed by atoms with Gasteiger partial charge in [-0.25, -0.2) is 0 Å². The molecule has 19 heavy (non-hydrogen) atoms. The maximum absolute atomic E-state index is 12.3. The fourth-order valence-corrected chi connectivity index (χ4v) is 3.61. The van der Waals surface area contributed by atoms with Gasteiger partial charge in [0.25, 0.3) is 0 Å². The normalized spacial score (nSPS) is 30.9. The summed E-state index contributed by atoms with van der Waals surface area (Å²) in [5, 5.41) is 7.89. The molecular formula is C15H23N3O. The molecule has 3 rings (SSSR count). The van der Waals surface area contributed by atoms with Crippen molar-refractivity contribution in [1.82, 2.24) is 15.1 Å². The number of aromatic nitrogens is 2. The van der Waals surface area contributed by atoms with Crippen LogP contribution in [0.4, 0.5) is 0 Å². The van der Waals surface area contributed by atoms with Crippen molar-refractivity contribution in [3.05, 3.63) is 18.0 Å². The van der Waals surface area contributed by atoms with Crippen LogP contribution in [0.15, 0.2) is 12.3 Å². The number of Topliss-reactive ketones (excluding diaryl/α,β-unsaturated/α-hetero) is 1. The van der Waals surface area contributed by atoms with Crippen molar-refractivity contribution in [2.24, 2.45) is 13.0 Å². The highest BCUT2D eigenvalue weighted by molar-refractivity contribution is 5.85. The number of hydrogen-bond donors (Lipinski definition) is 1. The molecule has 3 atom stereocenters. The van der Waals surface area contributed by atoms with Crippen LogP contribution < -0.4 is 5.32 Å². The Morgan fingerprint density at radius 1 is 1.37 bits per heavy atom. The zero-order valence-electron chi connectivity index (χ0n) is 11.6. The van der Waals surface area contributed by atoms with Crippen LogP contribution in [-0.4, -0.2) is 27.6 Å². The molecule has 3 unspecified atom stereocenters. The maximum Gasteiger partial charge on any atom is 0.155 e. The number of nitrogens with zero attached hydrogens (tertiary/aromatic N) is 2. The van der Waals surface area contributed by atoms with Crippen molar-refractivity contribution in [3.8, 4) is 0 Å². The largest absolute Gasteiger partial charge is 0.304 e. The highest BCUT2D eigenvalue weighted by Crippen LogP contribution is 2.32. The number of piperidine rings is 1. The first-order chi connectivity index (χ1) is 9.22. The number of nitrogens with one attached hydrogen (secondary N) is 1. The Morgan fingerprint density at radius 3 is 3.00 bits per heavy atom. The van der Waals surface area contributed by atoms with Crippen molar-refractivity contribution >= 4 is 5.78 Å². The van der Waals surface area contributed by atoms with Gasteiger partial charge in [-0.2, -0.15) is 5.10 Å². The monoisotopic (exact) mass is 261 g/mol. The minimum atomic E-state index is 0.0568. The van der Waals surface area contributed by atoms with Gasteiger partial charge in [0.15, 0.2) is 5.78 Å². The van der Waals surface area contributed by atoms with Crippen LogP contribution in [0.1, 0.15) is 44.2 Å². The lowest BCUT2D eigenvalue weighted by Gasteiger charge is -2.40. The Balaban J connectivity index is 1.58. The summed E-state index contributed by atoms with van der Waals surface area (Å²) in [6, 6.07) is 2.57. The minimum Gasteiger partial charge on any atom is -0.304 e. The number of carbonyl (C=O) groups is 1. The van der Waals surface area contributed by atoms with E-state index in [1.165, 1.54) is 32.1 Å². The number of hydrogen-bond acceptors (Lipinski definition) is 3. The topological polar surface area (TPSA) is 46.9 Å². The molecule has 1 saturated heterocycles. The zero-order chi connectivity index (χ0) is 13.2. The van der Waals surface area contributed by atoms with Crippen molar-refractivity contribution in [2.45, 2.75) is 57.0 Å². The summed E-state index contributed by atoms with van der Waals surface area (Å²) >= 11 is 0. The SMILES string of the molecule is Cn1ccc(CC(=O)C2CCC3CCCCC3N2)n1. The van der Waals surface area contributed by atoms with Crippen LogP contribution in [0.3, 0.4) is 0 Å². The third-order valence-electron chi connectivity index (χ3n) is 4.66. The number of aryl methyl sites for hydroxylation is 1. The van der Waals surface area contributed by atoms with E-state index in [9.17, 15) is 4.79 Å². The number of rotatable bonds is 3. The lowest BCUT2D eigenvalue weighted by molar-refractivity contribution is -0.121. The quantitative estimate of drug-likeness (QED) is 0.903. The van der Waals surface area contributed by atoms with E-state index in [0.717, 1.165) is 18.0 Å². The van der Waals surface area contributed by atoms with Crippen molar-refractivity contribution in [2.75, 3.05) is 0 Å². The molecule has 1 aliphatic heterocycles. The fraction of sp³-hybridized carbons (Fsp3) is 0.733. The standard InChI is InChI=1S/C15H23N3O/c1-18-9-8-12(17-18)10-15(19)14-7-6-11-4-2-3-5-13(11)16-14/h8-9,11,13-14,16H,2-7,10H2,1H3. The van der Waals surface area contributed by atoms with E-state index in [-0.39, 0.29) is 6.04 Å². The highest BCUT2D eigenvalue weighted by Gasteiger charge is 2.34. The van der Waals surface area contributed by atoms with Crippen LogP contribution in [-0.2, 0) is 18.3 Å².